The normalized spacial score (nSPS) is 12.8. The summed E-state index contributed by atoms with van der Waals surface area (Å²) in [5, 5.41) is 0. The molecule has 0 radical (unpaired) electrons. The Balaban J connectivity index is 1.78. The molecule has 0 fully saturated rings. The summed E-state index contributed by atoms with van der Waals surface area (Å²) in [5.74, 6) is 1.45. The van der Waals surface area contributed by atoms with E-state index in [1.54, 1.807) is 23.4 Å². The van der Waals surface area contributed by atoms with E-state index < -0.39 is 0 Å². The fourth-order valence-electron chi connectivity index (χ4n) is 2.45. The summed E-state index contributed by atoms with van der Waals surface area (Å²) < 4.78 is 11.9. The molecule has 0 aliphatic carbocycles. The van der Waals surface area contributed by atoms with Crippen molar-refractivity contribution in [2.75, 3.05) is 19.8 Å². The molecule has 0 unspecified atom stereocenters. The Hall–Kier alpha value is -2.08. The summed E-state index contributed by atoms with van der Waals surface area (Å²) in [5.41, 5.74) is 1.58. The van der Waals surface area contributed by atoms with Crippen LogP contribution >= 0.6 is 15.9 Å². The third-order valence-corrected chi connectivity index (χ3v) is 4.03. The molecule has 1 aliphatic rings. The first-order valence-electron chi connectivity index (χ1n) is 7.45. The Bertz CT molecular complexity index is 721. The van der Waals surface area contributed by atoms with Gasteiger partial charge in [-0.2, -0.15) is 0 Å². The lowest BCUT2D eigenvalue weighted by Gasteiger charge is -2.23. The van der Waals surface area contributed by atoms with Gasteiger partial charge in [0.15, 0.2) is 11.5 Å². The van der Waals surface area contributed by atoms with Crippen LogP contribution in [0.5, 0.6) is 11.5 Å². The van der Waals surface area contributed by atoms with Crippen molar-refractivity contribution in [2.24, 2.45) is 0 Å². The summed E-state index contributed by atoms with van der Waals surface area (Å²) in [6, 6.07) is 7.57. The molecule has 5 nitrogen and oxygen atoms in total. The minimum absolute atomic E-state index is 0.0452. The molecule has 0 saturated carbocycles. The third kappa shape index (κ3) is 3.64. The van der Waals surface area contributed by atoms with Crippen molar-refractivity contribution in [1.29, 1.82) is 0 Å². The summed E-state index contributed by atoms with van der Waals surface area (Å²) in [6.45, 7) is 4.21. The van der Waals surface area contributed by atoms with Crippen molar-refractivity contribution in [3.05, 3.63) is 52.3 Å². The number of carbonyl (C=O) groups excluding carboxylic acids is 1. The highest BCUT2D eigenvalue weighted by molar-refractivity contribution is 9.10. The molecule has 0 spiro atoms. The standard InChI is InChI=1S/C17H17BrN2O3/c1-2-20(17(21)13-8-14(18)10-19-9-13)11-12-3-4-15-16(7-12)23-6-5-22-15/h3-4,7-10H,2,5-6,11H2,1H3. The maximum absolute atomic E-state index is 12.6. The molecule has 0 atom stereocenters. The van der Waals surface area contributed by atoms with Gasteiger partial charge in [0.25, 0.3) is 5.91 Å². The molecule has 1 aliphatic heterocycles. The van der Waals surface area contributed by atoms with Gasteiger partial charge in [0, 0.05) is 30.0 Å². The van der Waals surface area contributed by atoms with Gasteiger partial charge in [-0.15, -0.1) is 0 Å². The molecule has 23 heavy (non-hydrogen) atoms. The number of pyridine rings is 1. The fourth-order valence-corrected chi connectivity index (χ4v) is 2.81. The van der Waals surface area contributed by atoms with Gasteiger partial charge in [-0.3, -0.25) is 9.78 Å². The van der Waals surface area contributed by atoms with Crippen LogP contribution in [0.1, 0.15) is 22.8 Å². The second-order valence-corrected chi connectivity index (χ2v) is 6.10. The van der Waals surface area contributed by atoms with Gasteiger partial charge in [-0.1, -0.05) is 6.07 Å². The van der Waals surface area contributed by atoms with Crippen LogP contribution in [0.2, 0.25) is 0 Å². The van der Waals surface area contributed by atoms with Crippen LogP contribution in [0.3, 0.4) is 0 Å². The van der Waals surface area contributed by atoms with Crippen LogP contribution < -0.4 is 9.47 Å². The van der Waals surface area contributed by atoms with E-state index in [1.165, 1.54) is 0 Å². The smallest absolute Gasteiger partial charge is 0.255 e. The molecule has 1 amide bonds. The zero-order chi connectivity index (χ0) is 16.2. The van der Waals surface area contributed by atoms with E-state index in [4.69, 9.17) is 9.47 Å². The Morgan fingerprint density at radius 1 is 1.22 bits per heavy atom. The number of fused-ring (bicyclic) bond motifs is 1. The van der Waals surface area contributed by atoms with Gasteiger partial charge in [-0.05, 0) is 46.6 Å². The number of ether oxygens (including phenoxy) is 2. The summed E-state index contributed by atoms with van der Waals surface area (Å²) in [6.07, 6.45) is 3.24. The molecular formula is C17H17BrN2O3. The molecule has 0 N–H and O–H groups in total. The van der Waals surface area contributed by atoms with Crippen molar-refractivity contribution >= 4 is 21.8 Å². The van der Waals surface area contributed by atoms with Crippen LogP contribution in [0, 0.1) is 0 Å². The van der Waals surface area contributed by atoms with E-state index in [0.29, 0.717) is 31.9 Å². The van der Waals surface area contributed by atoms with Gasteiger partial charge in [0.2, 0.25) is 0 Å². The first-order valence-corrected chi connectivity index (χ1v) is 8.25. The van der Waals surface area contributed by atoms with Crippen LogP contribution in [0.25, 0.3) is 0 Å². The van der Waals surface area contributed by atoms with Crippen molar-refractivity contribution in [3.8, 4) is 11.5 Å². The van der Waals surface area contributed by atoms with Crippen molar-refractivity contribution in [2.45, 2.75) is 13.5 Å². The van der Waals surface area contributed by atoms with E-state index in [-0.39, 0.29) is 5.91 Å². The number of halogens is 1. The first-order chi connectivity index (χ1) is 11.2. The lowest BCUT2D eigenvalue weighted by molar-refractivity contribution is 0.0751. The maximum Gasteiger partial charge on any atom is 0.255 e. The number of rotatable bonds is 4. The second kappa shape index (κ2) is 7.00. The van der Waals surface area contributed by atoms with E-state index in [1.807, 2.05) is 25.1 Å². The average molecular weight is 377 g/mol. The Kier molecular flexibility index (Phi) is 4.81. The Labute approximate surface area is 143 Å². The van der Waals surface area contributed by atoms with Crippen molar-refractivity contribution < 1.29 is 14.3 Å². The Morgan fingerprint density at radius 2 is 2.00 bits per heavy atom. The predicted molar refractivity (Wildman–Crippen MR) is 89.8 cm³/mol. The zero-order valence-corrected chi connectivity index (χ0v) is 14.4. The minimum atomic E-state index is -0.0452. The van der Waals surface area contributed by atoms with Crippen LogP contribution in [0.4, 0.5) is 0 Å². The first kappa shape index (κ1) is 15.8. The minimum Gasteiger partial charge on any atom is -0.486 e. The summed E-state index contributed by atoms with van der Waals surface area (Å²) >= 11 is 3.35. The highest BCUT2D eigenvalue weighted by Gasteiger charge is 2.17. The number of amides is 1. The lowest BCUT2D eigenvalue weighted by Crippen LogP contribution is -2.30. The topological polar surface area (TPSA) is 51.7 Å². The van der Waals surface area contributed by atoms with Crippen LogP contribution in [-0.4, -0.2) is 35.5 Å². The molecule has 2 heterocycles. The van der Waals surface area contributed by atoms with Crippen LogP contribution in [-0.2, 0) is 6.54 Å². The third-order valence-electron chi connectivity index (χ3n) is 3.60. The van der Waals surface area contributed by atoms with Gasteiger partial charge in [-0.25, -0.2) is 0 Å². The predicted octanol–water partition coefficient (Wildman–Crippen LogP) is 3.28. The fraction of sp³-hybridized carbons (Fsp3) is 0.294. The molecular weight excluding hydrogens is 360 g/mol. The zero-order valence-electron chi connectivity index (χ0n) is 12.8. The van der Waals surface area contributed by atoms with Gasteiger partial charge in [0.1, 0.15) is 13.2 Å². The van der Waals surface area contributed by atoms with E-state index in [2.05, 4.69) is 20.9 Å². The lowest BCUT2D eigenvalue weighted by atomic mass is 10.1. The van der Waals surface area contributed by atoms with Gasteiger partial charge >= 0.3 is 0 Å². The summed E-state index contributed by atoms with van der Waals surface area (Å²) in [7, 11) is 0. The van der Waals surface area contributed by atoms with Crippen molar-refractivity contribution in [3.63, 3.8) is 0 Å². The highest BCUT2D eigenvalue weighted by atomic mass is 79.9. The number of nitrogens with zero attached hydrogens (tertiary/aromatic N) is 2. The molecule has 3 rings (SSSR count). The van der Waals surface area contributed by atoms with Gasteiger partial charge in [0.05, 0.1) is 5.56 Å². The van der Waals surface area contributed by atoms with Crippen molar-refractivity contribution in [1.82, 2.24) is 9.88 Å². The second-order valence-electron chi connectivity index (χ2n) is 5.19. The molecule has 1 aromatic carbocycles. The molecule has 1 aromatic heterocycles. The molecule has 120 valence electrons. The highest BCUT2D eigenvalue weighted by Crippen LogP contribution is 2.31. The van der Waals surface area contributed by atoms with Gasteiger partial charge < -0.3 is 14.4 Å². The molecule has 6 heteroatoms. The average Bonchev–Trinajstić information content (AvgIpc) is 2.59. The molecule has 0 saturated heterocycles. The van der Waals surface area contributed by atoms with E-state index in [0.717, 1.165) is 21.5 Å². The number of aromatic nitrogens is 1. The molecule has 2 aromatic rings. The SMILES string of the molecule is CCN(Cc1ccc2c(c1)OCCO2)C(=O)c1cncc(Br)c1. The Morgan fingerprint density at radius 3 is 2.74 bits per heavy atom. The van der Waals surface area contributed by atoms with E-state index in [9.17, 15) is 4.79 Å². The number of benzene rings is 1. The monoisotopic (exact) mass is 376 g/mol. The summed E-state index contributed by atoms with van der Waals surface area (Å²) in [4.78, 5) is 18.5. The largest absolute Gasteiger partial charge is 0.486 e. The maximum atomic E-state index is 12.6. The van der Waals surface area contributed by atoms with E-state index >= 15 is 0 Å². The quantitative estimate of drug-likeness (QED) is 0.821. The number of hydrogen-bond donors (Lipinski definition) is 0. The number of hydrogen-bond acceptors (Lipinski definition) is 4. The van der Waals surface area contributed by atoms with Crippen LogP contribution in [0.15, 0.2) is 41.1 Å². The molecule has 0 bridgehead atoms. The number of carbonyl (C=O) groups is 1.